The van der Waals surface area contributed by atoms with E-state index in [1.54, 1.807) is 0 Å². The summed E-state index contributed by atoms with van der Waals surface area (Å²) in [6, 6.07) is 0.603. The predicted octanol–water partition coefficient (Wildman–Crippen LogP) is 1.32. The van der Waals surface area contributed by atoms with Crippen LogP contribution in [0.5, 0.6) is 0 Å². The van der Waals surface area contributed by atoms with Gasteiger partial charge in [-0.2, -0.15) is 0 Å². The van der Waals surface area contributed by atoms with Crippen molar-refractivity contribution in [3.05, 3.63) is 0 Å². The summed E-state index contributed by atoms with van der Waals surface area (Å²) in [6.45, 7) is 3.05. The molecule has 0 aliphatic carbocycles. The van der Waals surface area contributed by atoms with Crippen LogP contribution in [0.1, 0.15) is 26.2 Å². The van der Waals surface area contributed by atoms with E-state index in [4.69, 9.17) is 5.21 Å². The van der Waals surface area contributed by atoms with Gasteiger partial charge in [0.05, 0.1) is 5.71 Å². The Kier molecular flexibility index (Phi) is 2.88. The van der Waals surface area contributed by atoms with Gasteiger partial charge in [-0.15, -0.1) is 0 Å². The molecule has 11 heavy (non-hydrogen) atoms. The summed E-state index contributed by atoms with van der Waals surface area (Å²) < 4.78 is 0. The second-order valence-electron chi connectivity index (χ2n) is 3.32. The summed E-state index contributed by atoms with van der Waals surface area (Å²) in [6.07, 6.45) is 3.43. The summed E-state index contributed by atoms with van der Waals surface area (Å²) in [5.41, 5.74) is 0.837. The van der Waals surface area contributed by atoms with Crippen molar-refractivity contribution in [1.82, 2.24) is 4.90 Å². The molecule has 0 aromatic heterocycles. The van der Waals surface area contributed by atoms with E-state index in [1.165, 1.54) is 19.4 Å². The zero-order valence-corrected chi connectivity index (χ0v) is 7.25. The molecule has 1 fully saturated rings. The third-order valence-corrected chi connectivity index (χ3v) is 2.37. The Morgan fingerprint density at radius 1 is 1.73 bits per heavy atom. The topological polar surface area (TPSA) is 35.8 Å². The van der Waals surface area contributed by atoms with E-state index < -0.39 is 0 Å². The van der Waals surface area contributed by atoms with Gasteiger partial charge in [-0.3, -0.25) is 0 Å². The van der Waals surface area contributed by atoms with Crippen molar-refractivity contribution >= 4 is 5.71 Å². The molecule has 0 aromatic carbocycles. The van der Waals surface area contributed by atoms with Gasteiger partial charge in [0.25, 0.3) is 0 Å². The van der Waals surface area contributed by atoms with Gasteiger partial charge in [0.15, 0.2) is 0 Å². The van der Waals surface area contributed by atoms with Gasteiger partial charge >= 0.3 is 0 Å². The normalized spacial score (nSPS) is 27.8. The van der Waals surface area contributed by atoms with Crippen molar-refractivity contribution in [1.29, 1.82) is 0 Å². The Balaban J connectivity index is 2.36. The summed E-state index contributed by atoms with van der Waals surface area (Å²) >= 11 is 0. The quantitative estimate of drug-likeness (QED) is 0.372. The first-order valence-corrected chi connectivity index (χ1v) is 4.12. The lowest BCUT2D eigenvalue weighted by Gasteiger charge is -2.18. The van der Waals surface area contributed by atoms with Gasteiger partial charge in [0, 0.05) is 12.5 Å². The molecule has 1 aliphatic heterocycles. The monoisotopic (exact) mass is 156 g/mol. The van der Waals surface area contributed by atoms with Crippen molar-refractivity contribution in [3.63, 3.8) is 0 Å². The highest BCUT2D eigenvalue weighted by atomic mass is 16.4. The zero-order chi connectivity index (χ0) is 8.27. The van der Waals surface area contributed by atoms with Crippen LogP contribution in [0.15, 0.2) is 5.16 Å². The van der Waals surface area contributed by atoms with Crippen LogP contribution in [0, 0.1) is 0 Å². The molecule has 0 spiro atoms. The van der Waals surface area contributed by atoms with Crippen molar-refractivity contribution in [2.45, 2.75) is 32.2 Å². The van der Waals surface area contributed by atoms with Gasteiger partial charge in [0.1, 0.15) is 0 Å². The molecule has 1 atom stereocenters. The van der Waals surface area contributed by atoms with E-state index in [-0.39, 0.29) is 0 Å². The van der Waals surface area contributed by atoms with E-state index in [0.29, 0.717) is 6.04 Å². The summed E-state index contributed by atoms with van der Waals surface area (Å²) in [5, 5.41) is 11.6. The standard InChI is InChI=1S/C8H16N2O/c1-7(9-11)6-8-4-3-5-10(8)2/h8,11H,3-6H2,1-2H3/b9-7+. The fourth-order valence-corrected chi connectivity index (χ4v) is 1.62. The molecule has 1 rings (SSSR count). The van der Waals surface area contributed by atoms with Gasteiger partial charge in [0.2, 0.25) is 0 Å². The number of nitrogens with zero attached hydrogens (tertiary/aromatic N) is 2. The number of rotatable bonds is 2. The smallest absolute Gasteiger partial charge is 0.0555 e. The van der Waals surface area contributed by atoms with Crippen LogP contribution in [-0.2, 0) is 0 Å². The Hall–Kier alpha value is -0.570. The Labute approximate surface area is 67.7 Å². The van der Waals surface area contributed by atoms with Gasteiger partial charge < -0.3 is 10.1 Å². The molecular formula is C8H16N2O. The first-order chi connectivity index (χ1) is 5.24. The SMILES string of the molecule is C/C(CC1CCCN1C)=N\O. The lowest BCUT2D eigenvalue weighted by Crippen LogP contribution is -2.26. The fraction of sp³-hybridized carbons (Fsp3) is 0.875. The number of likely N-dealkylation sites (tertiary alicyclic amines) is 1. The Bertz CT molecular complexity index is 156. The van der Waals surface area contributed by atoms with E-state index in [0.717, 1.165) is 12.1 Å². The summed E-state index contributed by atoms with van der Waals surface area (Å²) in [7, 11) is 2.13. The zero-order valence-electron chi connectivity index (χ0n) is 7.25. The molecule has 0 radical (unpaired) electrons. The molecule has 0 saturated carbocycles. The first kappa shape index (κ1) is 8.53. The van der Waals surface area contributed by atoms with Crippen LogP contribution in [0.25, 0.3) is 0 Å². The Morgan fingerprint density at radius 2 is 2.45 bits per heavy atom. The fourth-order valence-electron chi connectivity index (χ4n) is 1.62. The molecule has 3 nitrogen and oxygen atoms in total. The molecule has 1 aliphatic rings. The van der Waals surface area contributed by atoms with Crippen molar-refractivity contribution < 1.29 is 5.21 Å². The van der Waals surface area contributed by atoms with Gasteiger partial charge in [-0.05, 0) is 33.4 Å². The molecule has 64 valence electrons. The largest absolute Gasteiger partial charge is 0.411 e. The average Bonchev–Trinajstić information content (AvgIpc) is 2.37. The Morgan fingerprint density at radius 3 is 2.91 bits per heavy atom. The molecule has 1 heterocycles. The lowest BCUT2D eigenvalue weighted by atomic mass is 10.1. The predicted molar refractivity (Wildman–Crippen MR) is 45.2 cm³/mol. The first-order valence-electron chi connectivity index (χ1n) is 4.12. The van der Waals surface area contributed by atoms with Gasteiger partial charge in [-0.25, -0.2) is 0 Å². The van der Waals surface area contributed by atoms with Crippen LogP contribution < -0.4 is 0 Å². The maximum absolute atomic E-state index is 8.45. The maximum atomic E-state index is 8.45. The van der Waals surface area contributed by atoms with E-state index in [2.05, 4.69) is 17.1 Å². The molecule has 0 aromatic rings. The summed E-state index contributed by atoms with van der Waals surface area (Å²) in [4.78, 5) is 2.33. The molecule has 1 unspecified atom stereocenters. The average molecular weight is 156 g/mol. The van der Waals surface area contributed by atoms with Crippen molar-refractivity contribution in [3.8, 4) is 0 Å². The highest BCUT2D eigenvalue weighted by Crippen LogP contribution is 2.17. The van der Waals surface area contributed by atoms with Crippen LogP contribution in [0.4, 0.5) is 0 Å². The highest BCUT2D eigenvalue weighted by molar-refractivity contribution is 5.81. The molecular weight excluding hydrogens is 140 g/mol. The molecule has 1 N–H and O–H groups in total. The minimum Gasteiger partial charge on any atom is -0.411 e. The number of oxime groups is 1. The number of hydrogen-bond acceptors (Lipinski definition) is 3. The van der Waals surface area contributed by atoms with Crippen LogP contribution in [-0.4, -0.2) is 35.5 Å². The minimum absolute atomic E-state index is 0.603. The summed E-state index contributed by atoms with van der Waals surface area (Å²) in [5.74, 6) is 0. The van der Waals surface area contributed by atoms with Crippen LogP contribution in [0.3, 0.4) is 0 Å². The lowest BCUT2D eigenvalue weighted by molar-refractivity contribution is 0.300. The van der Waals surface area contributed by atoms with E-state index >= 15 is 0 Å². The van der Waals surface area contributed by atoms with Crippen LogP contribution >= 0.6 is 0 Å². The third-order valence-electron chi connectivity index (χ3n) is 2.37. The molecule has 0 bridgehead atoms. The van der Waals surface area contributed by atoms with E-state index in [9.17, 15) is 0 Å². The van der Waals surface area contributed by atoms with Crippen molar-refractivity contribution in [2.75, 3.05) is 13.6 Å². The van der Waals surface area contributed by atoms with E-state index in [1.807, 2.05) is 6.92 Å². The molecule has 0 amide bonds. The third kappa shape index (κ3) is 2.19. The maximum Gasteiger partial charge on any atom is 0.0555 e. The highest BCUT2D eigenvalue weighted by Gasteiger charge is 2.20. The molecule has 1 saturated heterocycles. The second-order valence-corrected chi connectivity index (χ2v) is 3.32. The minimum atomic E-state index is 0.603. The van der Waals surface area contributed by atoms with Gasteiger partial charge in [-0.1, -0.05) is 5.16 Å². The molecule has 3 heteroatoms. The number of hydrogen-bond donors (Lipinski definition) is 1. The van der Waals surface area contributed by atoms with Crippen molar-refractivity contribution in [2.24, 2.45) is 5.16 Å². The van der Waals surface area contributed by atoms with Crippen LogP contribution in [0.2, 0.25) is 0 Å². The second kappa shape index (κ2) is 3.72.